The number of carbonyl (C=O) groups is 4. The van der Waals surface area contributed by atoms with E-state index in [9.17, 15) is 43.2 Å². The summed E-state index contributed by atoms with van der Waals surface area (Å²) in [5.41, 5.74) is 0. The highest BCUT2D eigenvalue weighted by molar-refractivity contribution is 7.47. The molecule has 0 aliphatic rings. The Bertz CT molecular complexity index is 1920. The van der Waals surface area contributed by atoms with Crippen LogP contribution in [0.2, 0.25) is 0 Å². The van der Waals surface area contributed by atoms with E-state index in [1.54, 1.807) is 0 Å². The molecule has 0 saturated carbocycles. The molecule has 0 aliphatic carbocycles. The Labute approximate surface area is 600 Å². The second-order valence-corrected chi connectivity index (χ2v) is 32.8. The van der Waals surface area contributed by atoms with Gasteiger partial charge in [-0.15, -0.1) is 0 Å². The third kappa shape index (κ3) is 69.8. The first-order valence-electron chi connectivity index (χ1n) is 40.8. The SMILES string of the molecule is CCC(C)CCCCCCCCCCCCC(=O)OC[C@H](COP(=O)(O)OC[C@@H](O)COP(=O)(O)OC[C@@H](COC(=O)CCCCCCCCC(C)CC)OC(=O)CCCCCCCCCCCCCCCCCCC(C)C)OC(=O)CCCCCCCCCCCCCCC(C)C. The predicted octanol–water partition coefficient (Wildman–Crippen LogP) is 23.2. The van der Waals surface area contributed by atoms with Crippen molar-refractivity contribution in [3.8, 4) is 0 Å². The minimum atomic E-state index is -4.96. The minimum Gasteiger partial charge on any atom is -0.462 e. The van der Waals surface area contributed by atoms with Crippen molar-refractivity contribution in [2.75, 3.05) is 39.6 Å². The first-order valence-corrected chi connectivity index (χ1v) is 43.8. The molecule has 98 heavy (non-hydrogen) atoms. The van der Waals surface area contributed by atoms with Crippen LogP contribution in [-0.2, 0) is 65.4 Å². The summed E-state index contributed by atoms with van der Waals surface area (Å²) in [5.74, 6) is 1.01. The van der Waals surface area contributed by atoms with Crippen LogP contribution in [0.5, 0.6) is 0 Å². The van der Waals surface area contributed by atoms with Crippen molar-refractivity contribution in [1.82, 2.24) is 0 Å². The Hall–Kier alpha value is -1.94. The maximum Gasteiger partial charge on any atom is 0.472 e. The fourth-order valence-electron chi connectivity index (χ4n) is 12.0. The first kappa shape index (κ1) is 96.1. The second kappa shape index (κ2) is 68.2. The van der Waals surface area contributed by atoms with Crippen LogP contribution >= 0.6 is 15.6 Å². The van der Waals surface area contributed by atoms with Gasteiger partial charge in [0.1, 0.15) is 19.3 Å². The minimum absolute atomic E-state index is 0.106. The summed E-state index contributed by atoms with van der Waals surface area (Å²) in [6.45, 7) is 14.3. The monoisotopic (exact) mass is 1440 g/mol. The molecule has 0 saturated heterocycles. The molecule has 0 aromatic heterocycles. The molecular weight excluding hydrogens is 1280 g/mol. The predicted molar refractivity (Wildman–Crippen MR) is 400 cm³/mol. The van der Waals surface area contributed by atoms with Crippen molar-refractivity contribution in [2.24, 2.45) is 23.7 Å². The number of hydrogen-bond donors (Lipinski definition) is 3. The Morgan fingerprint density at radius 1 is 0.286 bits per heavy atom. The van der Waals surface area contributed by atoms with Crippen LogP contribution in [0, 0.1) is 23.7 Å². The van der Waals surface area contributed by atoms with Crippen molar-refractivity contribution in [2.45, 2.75) is 420 Å². The van der Waals surface area contributed by atoms with Crippen LogP contribution in [0.25, 0.3) is 0 Å². The zero-order chi connectivity index (χ0) is 72.4. The summed E-state index contributed by atoms with van der Waals surface area (Å²) in [5, 5.41) is 10.6. The van der Waals surface area contributed by atoms with Crippen LogP contribution in [-0.4, -0.2) is 96.7 Å². The summed E-state index contributed by atoms with van der Waals surface area (Å²) >= 11 is 0. The molecule has 582 valence electrons. The van der Waals surface area contributed by atoms with Crippen molar-refractivity contribution in [3.63, 3.8) is 0 Å². The van der Waals surface area contributed by atoms with Crippen molar-refractivity contribution < 1.29 is 80.2 Å². The topological polar surface area (TPSA) is 237 Å². The largest absolute Gasteiger partial charge is 0.472 e. The van der Waals surface area contributed by atoms with Gasteiger partial charge in [-0.1, -0.05) is 351 Å². The van der Waals surface area contributed by atoms with Gasteiger partial charge in [0.05, 0.1) is 26.4 Å². The smallest absolute Gasteiger partial charge is 0.462 e. The Morgan fingerprint density at radius 2 is 0.490 bits per heavy atom. The van der Waals surface area contributed by atoms with Gasteiger partial charge in [-0.05, 0) is 49.4 Å². The fourth-order valence-corrected chi connectivity index (χ4v) is 13.6. The highest BCUT2D eigenvalue weighted by Crippen LogP contribution is 2.45. The third-order valence-electron chi connectivity index (χ3n) is 19.0. The molecule has 0 bridgehead atoms. The van der Waals surface area contributed by atoms with Crippen LogP contribution in [0.1, 0.15) is 402 Å². The molecule has 0 aromatic rings. The number of carbonyl (C=O) groups excluding carboxylic acids is 4. The maximum absolute atomic E-state index is 13.1. The number of ether oxygens (including phenoxy) is 4. The van der Waals surface area contributed by atoms with Gasteiger partial charge in [0, 0.05) is 25.7 Å². The first-order chi connectivity index (χ1) is 47.2. The number of phosphoric acid groups is 2. The zero-order valence-electron chi connectivity index (χ0n) is 64.4. The lowest BCUT2D eigenvalue weighted by Gasteiger charge is -2.21. The van der Waals surface area contributed by atoms with Crippen molar-refractivity contribution in [3.05, 3.63) is 0 Å². The molecule has 7 atom stereocenters. The third-order valence-corrected chi connectivity index (χ3v) is 20.9. The van der Waals surface area contributed by atoms with E-state index in [-0.39, 0.29) is 25.7 Å². The van der Waals surface area contributed by atoms with Gasteiger partial charge in [0.15, 0.2) is 12.2 Å². The molecule has 4 unspecified atom stereocenters. The number of hydrogen-bond acceptors (Lipinski definition) is 15. The molecule has 19 heteroatoms. The Balaban J connectivity index is 5.24. The molecule has 0 rings (SSSR count). The lowest BCUT2D eigenvalue weighted by atomic mass is 9.99. The number of esters is 4. The van der Waals surface area contributed by atoms with E-state index >= 15 is 0 Å². The summed E-state index contributed by atoms with van der Waals surface area (Å²) < 4.78 is 68.6. The molecule has 0 heterocycles. The average molecular weight is 1440 g/mol. The number of unbranched alkanes of at least 4 members (excludes halogenated alkanes) is 40. The molecule has 0 amide bonds. The van der Waals surface area contributed by atoms with Gasteiger partial charge in [-0.2, -0.15) is 0 Å². The highest BCUT2D eigenvalue weighted by atomic mass is 31.2. The lowest BCUT2D eigenvalue weighted by molar-refractivity contribution is -0.161. The summed E-state index contributed by atoms with van der Waals surface area (Å²) in [6.07, 6.45) is 54.0. The van der Waals surface area contributed by atoms with Gasteiger partial charge >= 0.3 is 39.5 Å². The molecule has 0 radical (unpaired) electrons. The zero-order valence-corrected chi connectivity index (χ0v) is 66.2. The highest BCUT2D eigenvalue weighted by Gasteiger charge is 2.30. The van der Waals surface area contributed by atoms with Crippen LogP contribution in [0.3, 0.4) is 0 Å². The standard InChI is InChI=1S/C79H154O17P2/c1-9-71(7)57-49-41-33-27-23-24-28-34-43-51-59-76(81)89-65-74(95-78(83)62-54-46-36-30-22-18-17-20-26-32-40-48-56-70(5)6)67-93-97(85,86)91-63-73(80)64-92-98(87,88)94-68-75(66-90-77(82)60-52-44-38-37-42-50-58-72(8)10-2)96-79(84)61-53-45-35-29-21-16-14-12-11-13-15-19-25-31-39-47-55-69(3)4/h69-75,80H,9-68H2,1-8H3,(H,85,86)(H,87,88)/t71?,72?,73-,74-,75-/m1/s1. The quantitative estimate of drug-likeness (QED) is 0.0222. The van der Waals surface area contributed by atoms with Gasteiger partial charge in [0.25, 0.3) is 0 Å². The average Bonchev–Trinajstić information content (AvgIpc) is 0.957. The van der Waals surface area contributed by atoms with Crippen molar-refractivity contribution >= 4 is 39.5 Å². The van der Waals surface area contributed by atoms with E-state index < -0.39 is 97.5 Å². The molecule has 0 spiro atoms. The number of aliphatic hydroxyl groups is 1. The van der Waals surface area contributed by atoms with E-state index in [1.165, 1.54) is 199 Å². The lowest BCUT2D eigenvalue weighted by Crippen LogP contribution is -2.30. The molecule has 0 aromatic carbocycles. The van der Waals surface area contributed by atoms with Gasteiger partial charge in [-0.3, -0.25) is 37.3 Å². The van der Waals surface area contributed by atoms with Crippen LogP contribution < -0.4 is 0 Å². The Morgan fingerprint density at radius 3 is 0.724 bits per heavy atom. The summed E-state index contributed by atoms with van der Waals surface area (Å²) in [4.78, 5) is 72.9. The number of phosphoric ester groups is 2. The molecule has 3 N–H and O–H groups in total. The maximum atomic E-state index is 13.1. The van der Waals surface area contributed by atoms with Crippen molar-refractivity contribution in [1.29, 1.82) is 0 Å². The van der Waals surface area contributed by atoms with Crippen LogP contribution in [0.4, 0.5) is 0 Å². The van der Waals surface area contributed by atoms with E-state index in [0.29, 0.717) is 25.7 Å². The molecule has 0 aliphatic heterocycles. The number of aliphatic hydroxyl groups excluding tert-OH is 1. The summed E-state index contributed by atoms with van der Waals surface area (Å²) in [6, 6.07) is 0. The van der Waals surface area contributed by atoms with Gasteiger partial charge in [0.2, 0.25) is 0 Å². The molecule has 0 fully saturated rings. The molecule has 17 nitrogen and oxygen atoms in total. The molecular formula is C79H154O17P2. The van der Waals surface area contributed by atoms with Crippen LogP contribution in [0.15, 0.2) is 0 Å². The van der Waals surface area contributed by atoms with Gasteiger partial charge in [-0.25, -0.2) is 9.13 Å². The van der Waals surface area contributed by atoms with E-state index in [2.05, 4.69) is 55.4 Å². The number of rotatable bonds is 76. The van der Waals surface area contributed by atoms with E-state index in [4.69, 9.17) is 37.0 Å². The normalized spacial score (nSPS) is 14.6. The van der Waals surface area contributed by atoms with E-state index in [1.807, 2.05) is 0 Å². The van der Waals surface area contributed by atoms with Gasteiger partial charge < -0.3 is 33.8 Å². The second-order valence-electron chi connectivity index (χ2n) is 29.9. The van der Waals surface area contributed by atoms with E-state index in [0.717, 1.165) is 120 Å². The summed E-state index contributed by atoms with van der Waals surface area (Å²) in [7, 11) is -9.92. The Kier molecular flexibility index (Phi) is 66.8. The fraction of sp³-hybridized carbons (Fsp3) is 0.949.